The molecule has 2 saturated heterocycles. The average Bonchev–Trinajstić information content (AvgIpc) is 2.75. The predicted molar refractivity (Wildman–Crippen MR) is 111 cm³/mol. The first-order chi connectivity index (χ1) is 13.7. The maximum Gasteiger partial charge on any atom is 0.274 e. The van der Waals surface area contributed by atoms with Crippen molar-refractivity contribution in [1.29, 1.82) is 0 Å². The van der Waals surface area contributed by atoms with Gasteiger partial charge in [0.25, 0.3) is 5.91 Å². The third-order valence-electron chi connectivity index (χ3n) is 6.25. The molecule has 0 spiro atoms. The molecule has 0 N–H and O–H groups in total. The van der Waals surface area contributed by atoms with Crippen LogP contribution in [-0.4, -0.2) is 47.2 Å². The molecular weight excluding hydrogens is 348 g/mol. The molecule has 5 nitrogen and oxygen atoms in total. The quantitative estimate of drug-likeness (QED) is 0.812. The fourth-order valence-electron chi connectivity index (χ4n) is 4.30. The lowest BCUT2D eigenvalue weighted by molar-refractivity contribution is 0.0683. The molecule has 0 bridgehead atoms. The highest BCUT2D eigenvalue weighted by atomic mass is 16.2. The predicted octanol–water partition coefficient (Wildman–Crippen LogP) is 3.81. The Labute approximate surface area is 167 Å². The normalized spacial score (nSPS) is 19.0. The van der Waals surface area contributed by atoms with Gasteiger partial charge in [-0.2, -0.15) is 0 Å². The summed E-state index contributed by atoms with van der Waals surface area (Å²) in [7, 11) is 0. The molecule has 0 atom stereocenters. The average molecular weight is 379 g/mol. The molecule has 1 aromatic heterocycles. The third kappa shape index (κ3) is 4.51. The van der Waals surface area contributed by atoms with Crippen molar-refractivity contribution in [1.82, 2.24) is 15.1 Å². The summed E-state index contributed by atoms with van der Waals surface area (Å²) in [6, 6.07) is 14.4. The van der Waals surface area contributed by atoms with E-state index in [-0.39, 0.29) is 5.91 Å². The van der Waals surface area contributed by atoms with E-state index in [0.717, 1.165) is 57.2 Å². The van der Waals surface area contributed by atoms with Crippen molar-refractivity contribution in [2.75, 3.05) is 31.1 Å². The van der Waals surface area contributed by atoms with E-state index in [2.05, 4.69) is 52.4 Å². The Bertz CT molecular complexity index is 761. The molecule has 28 heavy (non-hydrogen) atoms. The van der Waals surface area contributed by atoms with Gasteiger partial charge in [0.1, 0.15) is 0 Å². The van der Waals surface area contributed by atoms with Gasteiger partial charge in [0.2, 0.25) is 0 Å². The zero-order valence-corrected chi connectivity index (χ0v) is 16.8. The van der Waals surface area contributed by atoms with Gasteiger partial charge < -0.3 is 9.80 Å². The largest absolute Gasteiger partial charge is 0.355 e. The van der Waals surface area contributed by atoms with E-state index in [1.54, 1.807) is 0 Å². The van der Waals surface area contributed by atoms with Gasteiger partial charge in [-0.1, -0.05) is 37.3 Å². The van der Waals surface area contributed by atoms with E-state index >= 15 is 0 Å². The van der Waals surface area contributed by atoms with E-state index in [4.69, 9.17) is 0 Å². The minimum Gasteiger partial charge on any atom is -0.355 e. The number of hydrogen-bond donors (Lipinski definition) is 0. The Morgan fingerprint density at radius 1 is 0.929 bits per heavy atom. The number of carbonyl (C=O) groups is 1. The Kier molecular flexibility index (Phi) is 5.89. The minimum absolute atomic E-state index is 0.0180. The lowest BCUT2D eigenvalue weighted by Crippen LogP contribution is -2.39. The number of aromatic nitrogens is 2. The number of piperidine rings is 2. The molecule has 2 aliphatic rings. The van der Waals surface area contributed by atoms with Crippen LogP contribution in [0.15, 0.2) is 42.5 Å². The van der Waals surface area contributed by atoms with Crippen molar-refractivity contribution in [2.24, 2.45) is 11.8 Å². The van der Waals surface area contributed by atoms with Crippen LogP contribution in [0.5, 0.6) is 0 Å². The zero-order chi connectivity index (χ0) is 19.3. The maximum absolute atomic E-state index is 12.8. The topological polar surface area (TPSA) is 49.3 Å². The molecule has 1 aromatic carbocycles. The summed E-state index contributed by atoms with van der Waals surface area (Å²) < 4.78 is 0. The fraction of sp³-hybridized carbons (Fsp3) is 0.522. The van der Waals surface area contributed by atoms with Crippen molar-refractivity contribution in [3.05, 3.63) is 53.7 Å². The van der Waals surface area contributed by atoms with E-state index in [0.29, 0.717) is 11.6 Å². The highest BCUT2D eigenvalue weighted by Gasteiger charge is 2.25. The first kappa shape index (κ1) is 18.9. The molecule has 0 radical (unpaired) electrons. The molecular formula is C23H30N4O. The van der Waals surface area contributed by atoms with Gasteiger partial charge in [0.05, 0.1) is 0 Å². The van der Waals surface area contributed by atoms with Crippen LogP contribution in [0.2, 0.25) is 0 Å². The molecule has 2 aromatic rings. The van der Waals surface area contributed by atoms with E-state index in [1.807, 2.05) is 17.0 Å². The van der Waals surface area contributed by atoms with Crippen LogP contribution in [0, 0.1) is 11.8 Å². The Morgan fingerprint density at radius 2 is 1.64 bits per heavy atom. The van der Waals surface area contributed by atoms with Crippen LogP contribution in [0.4, 0.5) is 5.82 Å². The van der Waals surface area contributed by atoms with Crippen molar-refractivity contribution in [2.45, 2.75) is 39.0 Å². The van der Waals surface area contributed by atoms with Crippen LogP contribution in [-0.2, 0) is 6.42 Å². The first-order valence-electron chi connectivity index (χ1n) is 10.6. The summed E-state index contributed by atoms with van der Waals surface area (Å²) in [4.78, 5) is 17.0. The van der Waals surface area contributed by atoms with E-state index < -0.39 is 0 Å². The van der Waals surface area contributed by atoms with Gasteiger partial charge in [0.15, 0.2) is 11.5 Å². The molecule has 4 rings (SSSR count). The Balaban J connectivity index is 1.30. The highest BCUT2D eigenvalue weighted by molar-refractivity contribution is 5.92. The van der Waals surface area contributed by atoms with Crippen molar-refractivity contribution < 1.29 is 4.79 Å². The van der Waals surface area contributed by atoms with Gasteiger partial charge in [-0.25, -0.2) is 0 Å². The molecule has 0 unspecified atom stereocenters. The molecule has 148 valence electrons. The van der Waals surface area contributed by atoms with Crippen molar-refractivity contribution in [3.63, 3.8) is 0 Å². The molecule has 5 heteroatoms. The molecule has 0 aliphatic carbocycles. The standard InChI is InChI=1S/C23H30N4O/c1-18-9-13-26(14-10-18)22-8-7-21(24-25-22)23(28)27-15-11-20(12-16-27)17-19-5-3-2-4-6-19/h2-8,18,20H,9-17H2,1H3. The second-order valence-electron chi connectivity index (χ2n) is 8.37. The third-order valence-corrected chi connectivity index (χ3v) is 6.25. The van der Waals surface area contributed by atoms with Gasteiger partial charge in [-0.15, -0.1) is 10.2 Å². The molecule has 1 amide bonds. The smallest absolute Gasteiger partial charge is 0.274 e. The number of hydrogen-bond acceptors (Lipinski definition) is 4. The van der Waals surface area contributed by atoms with Crippen LogP contribution < -0.4 is 4.90 Å². The number of rotatable bonds is 4. The van der Waals surface area contributed by atoms with E-state index in [1.165, 1.54) is 18.4 Å². The lowest BCUT2D eigenvalue weighted by Gasteiger charge is -2.32. The number of nitrogens with zero attached hydrogens (tertiary/aromatic N) is 4. The second-order valence-corrected chi connectivity index (χ2v) is 8.37. The van der Waals surface area contributed by atoms with Gasteiger partial charge in [-0.05, 0) is 61.6 Å². The van der Waals surface area contributed by atoms with E-state index in [9.17, 15) is 4.79 Å². The number of amides is 1. The molecule has 2 fully saturated rings. The minimum atomic E-state index is 0.0180. The van der Waals surface area contributed by atoms with Crippen LogP contribution >= 0.6 is 0 Å². The zero-order valence-electron chi connectivity index (χ0n) is 16.8. The SMILES string of the molecule is CC1CCN(c2ccc(C(=O)N3CCC(Cc4ccccc4)CC3)nn2)CC1. The monoisotopic (exact) mass is 378 g/mol. The van der Waals surface area contributed by atoms with Gasteiger partial charge in [0, 0.05) is 26.2 Å². The van der Waals surface area contributed by atoms with Gasteiger partial charge >= 0.3 is 0 Å². The highest BCUT2D eigenvalue weighted by Crippen LogP contribution is 2.24. The molecule has 3 heterocycles. The molecule has 0 saturated carbocycles. The Hall–Kier alpha value is -2.43. The molecule has 2 aliphatic heterocycles. The first-order valence-corrected chi connectivity index (χ1v) is 10.6. The fourth-order valence-corrected chi connectivity index (χ4v) is 4.30. The van der Waals surface area contributed by atoms with Gasteiger partial charge in [-0.3, -0.25) is 4.79 Å². The van der Waals surface area contributed by atoms with Crippen LogP contribution in [0.25, 0.3) is 0 Å². The van der Waals surface area contributed by atoms with Crippen molar-refractivity contribution >= 4 is 11.7 Å². The number of carbonyl (C=O) groups excluding carboxylic acids is 1. The lowest BCUT2D eigenvalue weighted by atomic mass is 9.90. The number of likely N-dealkylation sites (tertiary alicyclic amines) is 1. The summed E-state index contributed by atoms with van der Waals surface area (Å²) in [5, 5.41) is 8.59. The maximum atomic E-state index is 12.8. The van der Waals surface area contributed by atoms with Crippen LogP contribution in [0.3, 0.4) is 0 Å². The summed E-state index contributed by atoms with van der Waals surface area (Å²) >= 11 is 0. The number of anilines is 1. The second kappa shape index (κ2) is 8.72. The summed E-state index contributed by atoms with van der Waals surface area (Å²) in [6.07, 6.45) is 5.60. The summed E-state index contributed by atoms with van der Waals surface area (Å²) in [5.41, 5.74) is 1.86. The van der Waals surface area contributed by atoms with Crippen LogP contribution in [0.1, 0.15) is 48.7 Å². The Morgan fingerprint density at radius 3 is 2.29 bits per heavy atom. The number of benzene rings is 1. The summed E-state index contributed by atoms with van der Waals surface area (Å²) in [6.45, 7) is 5.97. The van der Waals surface area contributed by atoms with Crippen molar-refractivity contribution in [3.8, 4) is 0 Å². The summed E-state index contributed by atoms with van der Waals surface area (Å²) in [5.74, 6) is 2.35.